The molecule has 1 aromatic carbocycles. The Hall–Kier alpha value is -3.37. The predicted octanol–water partition coefficient (Wildman–Crippen LogP) is 3.31. The van der Waals surface area contributed by atoms with Crippen LogP contribution in [0.15, 0.2) is 48.0 Å². The second-order valence-corrected chi connectivity index (χ2v) is 7.35. The Morgan fingerprint density at radius 2 is 2.10 bits per heavy atom. The maximum Gasteiger partial charge on any atom is 0.345 e. The number of carbonyl (C=O) groups is 1. The van der Waals surface area contributed by atoms with Gasteiger partial charge in [0.25, 0.3) is 5.69 Å². The summed E-state index contributed by atoms with van der Waals surface area (Å²) in [7, 11) is 0. The first-order valence-electron chi connectivity index (χ1n) is 9.26. The van der Waals surface area contributed by atoms with Gasteiger partial charge in [0.05, 0.1) is 29.5 Å². The van der Waals surface area contributed by atoms with Crippen LogP contribution < -0.4 is 4.90 Å². The fourth-order valence-electron chi connectivity index (χ4n) is 3.06. The van der Waals surface area contributed by atoms with Gasteiger partial charge in [-0.15, -0.1) is 11.3 Å². The fourth-order valence-corrected chi connectivity index (χ4v) is 3.84. The minimum absolute atomic E-state index is 0.0795. The number of pyridine rings is 1. The Morgan fingerprint density at radius 3 is 2.83 bits per heavy atom. The van der Waals surface area contributed by atoms with E-state index in [0.717, 1.165) is 11.4 Å². The number of thiazole rings is 1. The molecule has 0 N–H and O–H groups in total. The van der Waals surface area contributed by atoms with Crippen LogP contribution >= 0.6 is 11.3 Å². The maximum absolute atomic E-state index is 12.6. The van der Waals surface area contributed by atoms with Crippen molar-refractivity contribution in [2.75, 3.05) is 31.2 Å². The zero-order valence-corrected chi connectivity index (χ0v) is 16.7. The summed E-state index contributed by atoms with van der Waals surface area (Å²) < 4.78 is 10.7. The topological polar surface area (TPSA) is 108 Å². The molecule has 0 aliphatic carbocycles. The third kappa shape index (κ3) is 4.44. The summed E-state index contributed by atoms with van der Waals surface area (Å²) in [6.07, 6.45) is 1.68. The molecule has 3 heterocycles. The number of ether oxygens (including phenoxy) is 2. The van der Waals surface area contributed by atoms with Crippen molar-refractivity contribution in [2.45, 2.75) is 6.61 Å². The molecule has 2 aromatic heterocycles. The molecule has 1 saturated heterocycles. The summed E-state index contributed by atoms with van der Waals surface area (Å²) in [5.41, 5.74) is 1.64. The smallest absolute Gasteiger partial charge is 0.345 e. The number of hydrogen-bond donors (Lipinski definition) is 0. The normalized spacial score (nSPS) is 13.8. The quantitative estimate of drug-likeness (QED) is 0.336. The first-order valence-corrected chi connectivity index (χ1v) is 10.1. The molecule has 1 aliphatic heterocycles. The first-order chi connectivity index (χ1) is 14.6. The lowest BCUT2D eigenvalue weighted by atomic mass is 10.1. The molecule has 0 spiro atoms. The fraction of sp³-hybridized carbons (Fsp3) is 0.250. The number of anilines is 1. The molecule has 0 unspecified atom stereocenters. The van der Waals surface area contributed by atoms with Crippen molar-refractivity contribution in [3.8, 4) is 10.7 Å². The van der Waals surface area contributed by atoms with Crippen molar-refractivity contribution in [1.29, 1.82) is 0 Å². The number of esters is 1. The molecule has 1 aliphatic rings. The van der Waals surface area contributed by atoms with E-state index in [1.807, 2.05) is 23.1 Å². The minimum atomic E-state index is -0.760. The molecule has 9 nitrogen and oxygen atoms in total. The molecule has 0 atom stereocenters. The zero-order valence-electron chi connectivity index (χ0n) is 15.9. The lowest BCUT2D eigenvalue weighted by molar-refractivity contribution is -0.385. The number of rotatable bonds is 6. The monoisotopic (exact) mass is 426 g/mol. The van der Waals surface area contributed by atoms with E-state index in [4.69, 9.17) is 9.47 Å². The van der Waals surface area contributed by atoms with E-state index >= 15 is 0 Å². The van der Waals surface area contributed by atoms with Crippen molar-refractivity contribution >= 4 is 28.7 Å². The Morgan fingerprint density at radius 1 is 1.27 bits per heavy atom. The number of nitro groups is 1. The van der Waals surface area contributed by atoms with E-state index in [-0.39, 0.29) is 17.9 Å². The summed E-state index contributed by atoms with van der Waals surface area (Å²) in [5, 5.41) is 13.9. The van der Waals surface area contributed by atoms with Crippen molar-refractivity contribution in [2.24, 2.45) is 0 Å². The van der Waals surface area contributed by atoms with E-state index in [1.54, 1.807) is 17.6 Å². The summed E-state index contributed by atoms with van der Waals surface area (Å²) >= 11 is 1.39. The van der Waals surface area contributed by atoms with Gasteiger partial charge in [0.2, 0.25) is 0 Å². The largest absolute Gasteiger partial charge is 0.455 e. The molecule has 10 heteroatoms. The number of benzene rings is 1. The van der Waals surface area contributed by atoms with E-state index in [9.17, 15) is 14.9 Å². The van der Waals surface area contributed by atoms with E-state index in [1.165, 1.54) is 23.5 Å². The Labute approximate surface area is 176 Å². The van der Waals surface area contributed by atoms with Gasteiger partial charge in [-0.05, 0) is 24.3 Å². The number of morpholine rings is 1. The standard InChI is InChI=1S/C20H18N4O5S/c25-20(29-12-14-13-30-19(22-14)17-3-1-2-6-21-17)16-11-15(4-5-18(16)24(26)27)23-7-9-28-10-8-23/h1-6,11,13H,7-10,12H2. The summed E-state index contributed by atoms with van der Waals surface area (Å²) in [6.45, 7) is 2.36. The van der Waals surface area contributed by atoms with Gasteiger partial charge in [-0.1, -0.05) is 6.07 Å². The Kier molecular flexibility index (Phi) is 5.96. The molecule has 0 radical (unpaired) electrons. The van der Waals surface area contributed by atoms with Crippen molar-refractivity contribution < 1.29 is 19.2 Å². The molecule has 0 saturated carbocycles. The van der Waals surface area contributed by atoms with Gasteiger partial charge >= 0.3 is 5.97 Å². The van der Waals surface area contributed by atoms with Gasteiger partial charge < -0.3 is 14.4 Å². The van der Waals surface area contributed by atoms with Crippen molar-refractivity contribution in [1.82, 2.24) is 9.97 Å². The SMILES string of the molecule is O=C(OCc1csc(-c2ccccn2)n1)c1cc(N2CCOCC2)ccc1[N+](=O)[O-]. The highest BCUT2D eigenvalue weighted by molar-refractivity contribution is 7.13. The Bertz CT molecular complexity index is 1050. The molecule has 4 rings (SSSR count). The first kappa shape index (κ1) is 19.9. The number of carbonyl (C=O) groups excluding carboxylic acids is 1. The molecule has 3 aromatic rings. The highest BCUT2D eigenvalue weighted by atomic mass is 32.1. The molecule has 0 bridgehead atoms. The van der Waals surface area contributed by atoms with Crippen LogP contribution in [0.3, 0.4) is 0 Å². The summed E-state index contributed by atoms with van der Waals surface area (Å²) in [4.78, 5) is 34.1. The number of hydrogen-bond acceptors (Lipinski definition) is 9. The van der Waals surface area contributed by atoms with Gasteiger partial charge in [-0.3, -0.25) is 15.1 Å². The lowest BCUT2D eigenvalue weighted by Gasteiger charge is -2.29. The average molecular weight is 426 g/mol. The van der Waals surface area contributed by atoms with Gasteiger partial charge in [0, 0.05) is 36.4 Å². The number of nitrogens with zero attached hydrogens (tertiary/aromatic N) is 4. The predicted molar refractivity (Wildman–Crippen MR) is 111 cm³/mol. The molecule has 30 heavy (non-hydrogen) atoms. The number of aromatic nitrogens is 2. The van der Waals surface area contributed by atoms with Gasteiger partial charge in [-0.25, -0.2) is 9.78 Å². The second-order valence-electron chi connectivity index (χ2n) is 6.49. The maximum atomic E-state index is 12.6. The Balaban J connectivity index is 1.49. The van der Waals surface area contributed by atoms with Crippen LogP contribution in [0.25, 0.3) is 10.7 Å². The van der Waals surface area contributed by atoms with Crippen LogP contribution in [0.1, 0.15) is 16.1 Å². The molecule has 1 fully saturated rings. The molecule has 154 valence electrons. The van der Waals surface area contributed by atoms with E-state index in [0.29, 0.717) is 37.0 Å². The lowest BCUT2D eigenvalue weighted by Crippen LogP contribution is -2.36. The zero-order chi connectivity index (χ0) is 20.9. The molecular weight excluding hydrogens is 408 g/mol. The average Bonchev–Trinajstić information content (AvgIpc) is 3.27. The second kappa shape index (κ2) is 8.97. The van der Waals surface area contributed by atoms with E-state index < -0.39 is 10.9 Å². The number of nitro benzene ring substituents is 1. The van der Waals surface area contributed by atoms with Gasteiger partial charge in [0.15, 0.2) is 0 Å². The summed E-state index contributed by atoms with van der Waals surface area (Å²) in [6, 6.07) is 10.0. The van der Waals surface area contributed by atoms with Crippen LogP contribution in [0.4, 0.5) is 11.4 Å². The highest BCUT2D eigenvalue weighted by Gasteiger charge is 2.24. The van der Waals surface area contributed by atoms with Crippen LogP contribution in [-0.4, -0.2) is 47.2 Å². The molecular formula is C20H18N4O5S. The van der Waals surface area contributed by atoms with Crippen molar-refractivity contribution in [3.63, 3.8) is 0 Å². The summed E-state index contributed by atoms with van der Waals surface area (Å²) in [5.74, 6) is -0.760. The molecule has 0 amide bonds. The van der Waals surface area contributed by atoms with Gasteiger partial charge in [-0.2, -0.15) is 0 Å². The van der Waals surface area contributed by atoms with Crippen molar-refractivity contribution in [3.05, 3.63) is 69.3 Å². The van der Waals surface area contributed by atoms with Crippen LogP contribution in [-0.2, 0) is 16.1 Å². The highest BCUT2D eigenvalue weighted by Crippen LogP contribution is 2.27. The van der Waals surface area contributed by atoms with E-state index in [2.05, 4.69) is 9.97 Å². The van der Waals surface area contributed by atoms with Crippen LogP contribution in [0.2, 0.25) is 0 Å². The third-order valence-corrected chi connectivity index (χ3v) is 5.47. The third-order valence-electron chi connectivity index (χ3n) is 4.56. The van der Waals surface area contributed by atoms with Gasteiger partial charge in [0.1, 0.15) is 17.2 Å². The van der Waals surface area contributed by atoms with Crippen LogP contribution in [0.5, 0.6) is 0 Å². The van der Waals surface area contributed by atoms with Crippen LogP contribution in [0, 0.1) is 10.1 Å². The minimum Gasteiger partial charge on any atom is -0.455 e.